The van der Waals surface area contributed by atoms with E-state index in [-0.39, 0.29) is 5.97 Å². The van der Waals surface area contributed by atoms with Crippen molar-refractivity contribution < 1.29 is 9.53 Å². The number of methoxy groups -OCH3 is 1. The molecule has 0 atom stereocenters. The standard InChI is InChI=1S/C22H14Cl2O2S/c1-26-22(25)20-12-19-17(13-2-6-15(23)7-3-13)10-11-18(21(19)27-20)14-4-8-16(24)9-5-14/h2-12H,1H3. The normalized spacial score (nSPS) is 10.9. The van der Waals surface area contributed by atoms with Crippen LogP contribution in [0, 0.1) is 0 Å². The molecule has 5 heteroatoms. The summed E-state index contributed by atoms with van der Waals surface area (Å²) in [5.74, 6) is -0.333. The van der Waals surface area contributed by atoms with Crippen molar-refractivity contribution in [3.63, 3.8) is 0 Å². The van der Waals surface area contributed by atoms with E-state index in [1.54, 1.807) is 0 Å². The first-order valence-corrected chi connectivity index (χ1v) is 9.81. The van der Waals surface area contributed by atoms with Gasteiger partial charge in [-0.3, -0.25) is 0 Å². The quantitative estimate of drug-likeness (QED) is 0.329. The first-order chi connectivity index (χ1) is 13.1. The van der Waals surface area contributed by atoms with Crippen LogP contribution in [0.5, 0.6) is 0 Å². The van der Waals surface area contributed by atoms with Gasteiger partial charge in [-0.15, -0.1) is 11.3 Å². The van der Waals surface area contributed by atoms with Crippen molar-refractivity contribution in [2.24, 2.45) is 0 Å². The van der Waals surface area contributed by atoms with Gasteiger partial charge in [0.2, 0.25) is 0 Å². The molecule has 0 aliphatic carbocycles. The molecule has 2 nitrogen and oxygen atoms in total. The summed E-state index contributed by atoms with van der Waals surface area (Å²) in [7, 11) is 1.40. The van der Waals surface area contributed by atoms with Crippen LogP contribution in [0.2, 0.25) is 10.0 Å². The Hall–Kier alpha value is -2.33. The summed E-state index contributed by atoms with van der Waals surface area (Å²) in [6.07, 6.45) is 0. The maximum atomic E-state index is 12.1. The van der Waals surface area contributed by atoms with Gasteiger partial charge in [0.25, 0.3) is 0 Å². The number of carbonyl (C=O) groups is 1. The lowest BCUT2D eigenvalue weighted by atomic mass is 9.96. The first kappa shape index (κ1) is 18.1. The third-order valence-corrected chi connectivity index (χ3v) is 6.03. The number of esters is 1. The third-order valence-electron chi connectivity index (χ3n) is 4.38. The highest BCUT2D eigenvalue weighted by Crippen LogP contribution is 2.41. The van der Waals surface area contributed by atoms with Gasteiger partial charge in [-0.2, -0.15) is 0 Å². The summed E-state index contributed by atoms with van der Waals surface area (Å²) in [6.45, 7) is 0. The van der Waals surface area contributed by atoms with Crippen molar-refractivity contribution >= 4 is 50.6 Å². The number of ether oxygens (including phenoxy) is 1. The van der Waals surface area contributed by atoms with Gasteiger partial charge in [0.15, 0.2) is 0 Å². The molecule has 1 aromatic heterocycles. The highest BCUT2D eigenvalue weighted by molar-refractivity contribution is 7.21. The third kappa shape index (κ3) is 3.46. The largest absolute Gasteiger partial charge is 0.465 e. The topological polar surface area (TPSA) is 26.3 Å². The van der Waals surface area contributed by atoms with E-state index in [2.05, 4.69) is 12.1 Å². The van der Waals surface area contributed by atoms with Crippen LogP contribution in [0.4, 0.5) is 0 Å². The molecule has 0 spiro atoms. The Labute approximate surface area is 170 Å². The van der Waals surface area contributed by atoms with Crippen LogP contribution in [0.15, 0.2) is 66.7 Å². The molecule has 27 heavy (non-hydrogen) atoms. The minimum absolute atomic E-state index is 0.333. The highest BCUT2D eigenvalue weighted by Gasteiger charge is 2.17. The fraction of sp³-hybridized carbons (Fsp3) is 0.0455. The Morgan fingerprint density at radius 2 is 1.33 bits per heavy atom. The molecule has 0 bridgehead atoms. The van der Waals surface area contributed by atoms with Crippen molar-refractivity contribution in [3.8, 4) is 22.3 Å². The lowest BCUT2D eigenvalue weighted by Gasteiger charge is -2.09. The fourth-order valence-corrected chi connectivity index (χ4v) is 4.45. The summed E-state index contributed by atoms with van der Waals surface area (Å²) in [5.41, 5.74) is 4.19. The van der Waals surface area contributed by atoms with Crippen molar-refractivity contribution in [1.82, 2.24) is 0 Å². The van der Waals surface area contributed by atoms with Gasteiger partial charge in [-0.1, -0.05) is 59.6 Å². The number of benzene rings is 3. The summed E-state index contributed by atoms with van der Waals surface area (Å²) in [5, 5.41) is 2.39. The average molecular weight is 413 g/mol. The molecule has 0 saturated heterocycles. The van der Waals surface area contributed by atoms with Crippen LogP contribution in [-0.4, -0.2) is 13.1 Å². The second-order valence-corrected chi connectivity index (χ2v) is 7.94. The Kier molecular flexibility index (Phi) is 4.92. The molecule has 3 aromatic carbocycles. The molecular weight excluding hydrogens is 399 g/mol. The number of hydrogen-bond donors (Lipinski definition) is 0. The van der Waals surface area contributed by atoms with E-state index in [1.807, 2.05) is 54.6 Å². The Morgan fingerprint density at radius 3 is 1.89 bits per heavy atom. The lowest BCUT2D eigenvalue weighted by molar-refractivity contribution is 0.0606. The van der Waals surface area contributed by atoms with E-state index < -0.39 is 0 Å². The lowest BCUT2D eigenvalue weighted by Crippen LogP contribution is -1.96. The fourth-order valence-electron chi connectivity index (χ4n) is 3.06. The second kappa shape index (κ2) is 7.35. The SMILES string of the molecule is COC(=O)c1cc2c(-c3ccc(Cl)cc3)ccc(-c3ccc(Cl)cc3)c2s1. The second-order valence-electron chi connectivity index (χ2n) is 6.02. The van der Waals surface area contributed by atoms with Crippen molar-refractivity contribution in [2.75, 3.05) is 7.11 Å². The van der Waals surface area contributed by atoms with E-state index in [4.69, 9.17) is 27.9 Å². The molecule has 0 aliphatic rings. The molecule has 0 radical (unpaired) electrons. The predicted octanol–water partition coefficient (Wildman–Crippen LogP) is 7.33. The van der Waals surface area contributed by atoms with Crippen LogP contribution in [0.25, 0.3) is 32.3 Å². The molecule has 0 aliphatic heterocycles. The Balaban J connectivity index is 1.97. The first-order valence-electron chi connectivity index (χ1n) is 8.23. The summed E-state index contributed by atoms with van der Waals surface area (Å²) in [6, 6.07) is 21.4. The van der Waals surface area contributed by atoms with Crippen LogP contribution >= 0.6 is 34.5 Å². The molecule has 134 valence electrons. The maximum absolute atomic E-state index is 12.1. The molecule has 0 unspecified atom stereocenters. The smallest absolute Gasteiger partial charge is 0.348 e. The Morgan fingerprint density at radius 1 is 0.815 bits per heavy atom. The zero-order valence-corrected chi connectivity index (χ0v) is 16.7. The van der Waals surface area contributed by atoms with Crippen molar-refractivity contribution in [2.45, 2.75) is 0 Å². The molecule has 4 rings (SSSR count). The van der Waals surface area contributed by atoms with Gasteiger partial charge in [0, 0.05) is 20.1 Å². The van der Waals surface area contributed by atoms with Crippen LogP contribution < -0.4 is 0 Å². The molecule has 0 fully saturated rings. The van der Waals surface area contributed by atoms with E-state index >= 15 is 0 Å². The zero-order chi connectivity index (χ0) is 19.0. The number of thiophene rings is 1. The van der Waals surface area contributed by atoms with Gasteiger partial charge < -0.3 is 4.74 Å². The molecular formula is C22H14Cl2O2S. The monoisotopic (exact) mass is 412 g/mol. The van der Waals surface area contributed by atoms with Gasteiger partial charge in [-0.05, 0) is 52.6 Å². The van der Waals surface area contributed by atoms with Gasteiger partial charge >= 0.3 is 5.97 Å². The van der Waals surface area contributed by atoms with E-state index in [0.29, 0.717) is 14.9 Å². The van der Waals surface area contributed by atoms with Gasteiger partial charge in [-0.25, -0.2) is 4.79 Å². The van der Waals surface area contributed by atoms with E-state index in [9.17, 15) is 4.79 Å². The van der Waals surface area contributed by atoms with E-state index in [1.165, 1.54) is 18.4 Å². The maximum Gasteiger partial charge on any atom is 0.348 e. The summed E-state index contributed by atoms with van der Waals surface area (Å²) >= 11 is 13.5. The van der Waals surface area contributed by atoms with Gasteiger partial charge in [0.1, 0.15) is 4.88 Å². The van der Waals surface area contributed by atoms with E-state index in [0.717, 1.165) is 32.3 Å². The number of rotatable bonds is 3. The van der Waals surface area contributed by atoms with Crippen LogP contribution in [-0.2, 0) is 4.74 Å². The number of halogens is 2. The molecule has 0 N–H and O–H groups in total. The molecule has 0 saturated carbocycles. The van der Waals surface area contributed by atoms with Crippen molar-refractivity contribution in [3.05, 3.63) is 81.7 Å². The zero-order valence-electron chi connectivity index (χ0n) is 14.3. The molecule has 4 aromatic rings. The average Bonchev–Trinajstić information content (AvgIpc) is 3.13. The summed E-state index contributed by atoms with van der Waals surface area (Å²) in [4.78, 5) is 12.7. The number of carbonyl (C=O) groups excluding carboxylic acids is 1. The minimum atomic E-state index is -0.333. The van der Waals surface area contributed by atoms with Crippen molar-refractivity contribution in [1.29, 1.82) is 0 Å². The predicted molar refractivity (Wildman–Crippen MR) is 114 cm³/mol. The van der Waals surface area contributed by atoms with Gasteiger partial charge in [0.05, 0.1) is 7.11 Å². The van der Waals surface area contributed by atoms with Crippen LogP contribution in [0.1, 0.15) is 9.67 Å². The summed E-state index contributed by atoms with van der Waals surface area (Å²) < 4.78 is 5.96. The van der Waals surface area contributed by atoms with Crippen LogP contribution in [0.3, 0.4) is 0 Å². The highest BCUT2D eigenvalue weighted by atomic mass is 35.5. The number of hydrogen-bond acceptors (Lipinski definition) is 3. The minimum Gasteiger partial charge on any atom is -0.465 e. The number of fused-ring (bicyclic) bond motifs is 1. The molecule has 0 amide bonds. The molecule has 1 heterocycles. The Bertz CT molecular complexity index is 1050.